The molecule has 0 bridgehead atoms. The van der Waals surface area contributed by atoms with Crippen LogP contribution in [0.15, 0.2) is 16.8 Å². The normalized spacial score (nSPS) is 14.8. The van der Waals surface area contributed by atoms with Crippen LogP contribution in [0.2, 0.25) is 0 Å². The molecule has 0 aliphatic carbocycles. The molecule has 0 aromatic carbocycles. The molecule has 6 nitrogen and oxygen atoms in total. The van der Waals surface area contributed by atoms with E-state index >= 15 is 0 Å². The van der Waals surface area contributed by atoms with Crippen molar-refractivity contribution in [3.8, 4) is 0 Å². The quantitative estimate of drug-likeness (QED) is 0.584. The number of aliphatic hydroxyl groups excluding tert-OH is 1. The topological polar surface area (TPSA) is 101 Å². The molecule has 2 atom stereocenters. The summed E-state index contributed by atoms with van der Waals surface area (Å²) in [5.41, 5.74) is 5.51. The van der Waals surface area contributed by atoms with E-state index in [1.54, 1.807) is 6.92 Å². The summed E-state index contributed by atoms with van der Waals surface area (Å²) in [6, 6.07) is 0.963. The van der Waals surface area contributed by atoms with Crippen LogP contribution in [0.3, 0.4) is 0 Å². The van der Waals surface area contributed by atoms with Gasteiger partial charge in [-0.05, 0) is 6.92 Å². The predicted molar refractivity (Wildman–Crippen MR) is 48.5 cm³/mol. The fourth-order valence-corrected chi connectivity index (χ4v) is 0.801. The lowest BCUT2D eigenvalue weighted by Gasteiger charge is -2.14. The van der Waals surface area contributed by atoms with E-state index in [0.717, 1.165) is 0 Å². The minimum atomic E-state index is -0.662. The van der Waals surface area contributed by atoms with E-state index in [0.29, 0.717) is 0 Å². The molecule has 1 aromatic heterocycles. The lowest BCUT2D eigenvalue weighted by Crippen LogP contribution is -2.43. The van der Waals surface area contributed by atoms with E-state index in [1.807, 2.05) is 0 Å². The highest BCUT2D eigenvalue weighted by atomic mass is 16.5. The van der Waals surface area contributed by atoms with Gasteiger partial charge in [0.25, 0.3) is 5.91 Å². The highest BCUT2D eigenvalue weighted by Gasteiger charge is 2.13. The van der Waals surface area contributed by atoms with Crippen molar-refractivity contribution < 1.29 is 14.4 Å². The van der Waals surface area contributed by atoms with Gasteiger partial charge in [0.1, 0.15) is 0 Å². The van der Waals surface area contributed by atoms with Gasteiger partial charge in [-0.15, -0.1) is 0 Å². The van der Waals surface area contributed by atoms with Crippen molar-refractivity contribution in [3.63, 3.8) is 0 Å². The highest BCUT2D eigenvalue weighted by molar-refractivity contribution is 5.91. The lowest BCUT2D eigenvalue weighted by molar-refractivity contribution is 0.0901. The molecule has 78 valence electrons. The molecule has 1 aromatic rings. The summed E-state index contributed by atoms with van der Waals surface area (Å²) >= 11 is 0. The largest absolute Gasteiger partial charge is 0.392 e. The molecule has 0 aliphatic rings. The molecule has 1 heterocycles. The first-order valence-electron chi connectivity index (χ1n) is 4.24. The van der Waals surface area contributed by atoms with Gasteiger partial charge < -0.3 is 20.7 Å². The molecule has 2 unspecified atom stereocenters. The summed E-state index contributed by atoms with van der Waals surface area (Å²) in [5.74, 6) is -0.263. The molecule has 14 heavy (non-hydrogen) atoms. The van der Waals surface area contributed by atoms with E-state index in [2.05, 4.69) is 15.0 Å². The zero-order valence-corrected chi connectivity index (χ0v) is 7.80. The van der Waals surface area contributed by atoms with Crippen LogP contribution >= 0.6 is 0 Å². The summed E-state index contributed by atoms with van der Waals surface area (Å²) < 4.78 is 4.62. The number of nitrogens with two attached hydrogens (primary N) is 1. The molecule has 0 saturated carbocycles. The van der Waals surface area contributed by atoms with Crippen LogP contribution in [0.1, 0.15) is 17.5 Å². The van der Waals surface area contributed by atoms with E-state index < -0.39 is 18.1 Å². The van der Waals surface area contributed by atoms with Crippen molar-refractivity contribution in [1.82, 2.24) is 10.5 Å². The van der Waals surface area contributed by atoms with Crippen molar-refractivity contribution in [3.05, 3.63) is 18.0 Å². The number of rotatable bonds is 4. The zero-order valence-electron chi connectivity index (χ0n) is 7.80. The second-order valence-electron chi connectivity index (χ2n) is 2.99. The minimum Gasteiger partial charge on any atom is -0.392 e. The standard InChI is InChI=1S/C8H13N3O3/c1-5(12)6(9)4-10-8(13)7-2-3-11-14-7/h2-3,5-6,12H,4,9H2,1H3,(H,10,13). The molecule has 1 amide bonds. The third-order valence-corrected chi connectivity index (χ3v) is 1.78. The van der Waals surface area contributed by atoms with Crippen LogP contribution in [-0.2, 0) is 0 Å². The summed E-state index contributed by atoms with van der Waals surface area (Å²) in [7, 11) is 0. The Hall–Kier alpha value is -1.40. The Balaban J connectivity index is 2.36. The molecule has 0 spiro atoms. The molecule has 0 fully saturated rings. The first-order valence-corrected chi connectivity index (χ1v) is 4.24. The Morgan fingerprint density at radius 1 is 1.86 bits per heavy atom. The van der Waals surface area contributed by atoms with Crippen LogP contribution in [-0.4, -0.2) is 34.9 Å². The van der Waals surface area contributed by atoms with Crippen LogP contribution in [0.4, 0.5) is 0 Å². The summed E-state index contributed by atoms with van der Waals surface area (Å²) in [4.78, 5) is 11.3. The van der Waals surface area contributed by atoms with Gasteiger partial charge in [0.05, 0.1) is 12.3 Å². The molecular formula is C8H13N3O3. The number of aromatic nitrogens is 1. The molecule has 6 heteroatoms. The average Bonchev–Trinajstić information content (AvgIpc) is 2.66. The van der Waals surface area contributed by atoms with Gasteiger partial charge in [-0.3, -0.25) is 4.79 Å². The number of nitrogens with zero attached hydrogens (tertiary/aromatic N) is 1. The average molecular weight is 199 g/mol. The lowest BCUT2D eigenvalue weighted by atomic mass is 10.2. The van der Waals surface area contributed by atoms with E-state index in [4.69, 9.17) is 10.8 Å². The van der Waals surface area contributed by atoms with E-state index in [9.17, 15) is 4.79 Å². The molecular weight excluding hydrogens is 186 g/mol. The molecule has 0 aliphatic heterocycles. The zero-order chi connectivity index (χ0) is 10.6. The number of nitrogens with one attached hydrogen (secondary N) is 1. The van der Waals surface area contributed by atoms with Gasteiger partial charge in [-0.25, -0.2) is 0 Å². The second kappa shape index (κ2) is 4.73. The SMILES string of the molecule is CC(O)C(N)CNC(=O)c1ccno1. The fraction of sp³-hybridized carbons (Fsp3) is 0.500. The monoisotopic (exact) mass is 199 g/mol. The Kier molecular flexibility index (Phi) is 3.61. The number of hydrogen-bond acceptors (Lipinski definition) is 5. The van der Waals surface area contributed by atoms with Crippen LogP contribution < -0.4 is 11.1 Å². The van der Waals surface area contributed by atoms with Gasteiger partial charge in [0.15, 0.2) is 0 Å². The third kappa shape index (κ3) is 2.82. The van der Waals surface area contributed by atoms with Crippen molar-refractivity contribution in [2.75, 3.05) is 6.54 Å². The van der Waals surface area contributed by atoms with Gasteiger partial charge in [0.2, 0.25) is 5.76 Å². The van der Waals surface area contributed by atoms with Gasteiger partial charge >= 0.3 is 0 Å². The van der Waals surface area contributed by atoms with Gasteiger partial charge in [-0.2, -0.15) is 0 Å². The van der Waals surface area contributed by atoms with Gasteiger partial charge in [0, 0.05) is 18.7 Å². The van der Waals surface area contributed by atoms with Crippen molar-refractivity contribution in [1.29, 1.82) is 0 Å². The number of hydrogen-bond donors (Lipinski definition) is 3. The van der Waals surface area contributed by atoms with E-state index in [-0.39, 0.29) is 12.3 Å². The van der Waals surface area contributed by atoms with Gasteiger partial charge in [-0.1, -0.05) is 5.16 Å². The van der Waals surface area contributed by atoms with Crippen molar-refractivity contribution in [2.24, 2.45) is 5.73 Å². The molecule has 0 saturated heterocycles. The predicted octanol–water partition coefficient (Wildman–Crippen LogP) is -0.887. The van der Waals surface area contributed by atoms with Crippen LogP contribution in [0.25, 0.3) is 0 Å². The summed E-state index contributed by atoms with van der Waals surface area (Å²) in [5, 5.41) is 14.9. The fourth-order valence-electron chi connectivity index (χ4n) is 0.801. The maximum atomic E-state index is 11.3. The molecule has 4 N–H and O–H groups in total. The number of carbonyl (C=O) groups excluding carboxylic acids is 1. The van der Waals surface area contributed by atoms with Crippen LogP contribution in [0.5, 0.6) is 0 Å². The Labute approximate surface area is 81.1 Å². The number of carbonyl (C=O) groups is 1. The van der Waals surface area contributed by atoms with E-state index in [1.165, 1.54) is 12.3 Å². The summed E-state index contributed by atoms with van der Waals surface area (Å²) in [6.07, 6.45) is 0.716. The first kappa shape index (κ1) is 10.7. The number of amides is 1. The maximum absolute atomic E-state index is 11.3. The Bertz CT molecular complexity index is 284. The molecule has 0 radical (unpaired) electrons. The Morgan fingerprint density at radius 2 is 2.57 bits per heavy atom. The first-order chi connectivity index (χ1) is 6.61. The minimum absolute atomic E-state index is 0.128. The third-order valence-electron chi connectivity index (χ3n) is 1.78. The number of aliphatic hydroxyl groups is 1. The molecule has 1 rings (SSSR count). The smallest absolute Gasteiger partial charge is 0.289 e. The van der Waals surface area contributed by atoms with Crippen molar-refractivity contribution in [2.45, 2.75) is 19.1 Å². The second-order valence-corrected chi connectivity index (χ2v) is 2.99. The van der Waals surface area contributed by atoms with Crippen molar-refractivity contribution >= 4 is 5.91 Å². The maximum Gasteiger partial charge on any atom is 0.289 e. The van der Waals surface area contributed by atoms with Crippen LogP contribution in [0, 0.1) is 0 Å². The summed E-state index contributed by atoms with van der Waals surface area (Å²) in [6.45, 7) is 1.75. The highest BCUT2D eigenvalue weighted by Crippen LogP contribution is 1.95. The Morgan fingerprint density at radius 3 is 3.07 bits per heavy atom.